The Hall–Kier alpha value is -2.38. The van der Waals surface area contributed by atoms with E-state index in [9.17, 15) is 13.2 Å². The van der Waals surface area contributed by atoms with Gasteiger partial charge in [-0.05, 0) is 68.7 Å². The minimum Gasteiger partial charge on any atom is -0.494 e. The molecule has 0 saturated carbocycles. The summed E-state index contributed by atoms with van der Waals surface area (Å²) < 4.78 is 33.3. The average molecular weight is 417 g/mol. The van der Waals surface area contributed by atoms with Gasteiger partial charge in [0.25, 0.3) is 5.91 Å². The van der Waals surface area contributed by atoms with Crippen LogP contribution in [0.3, 0.4) is 0 Å². The molecule has 29 heavy (non-hydrogen) atoms. The summed E-state index contributed by atoms with van der Waals surface area (Å²) >= 11 is 0. The number of carbonyl (C=O) groups excluding carboxylic acids is 1. The first-order chi connectivity index (χ1) is 13.9. The molecule has 2 aromatic rings. The first-order valence-electron chi connectivity index (χ1n) is 10.1. The van der Waals surface area contributed by atoms with E-state index in [-0.39, 0.29) is 10.8 Å². The molecule has 6 nitrogen and oxygen atoms in total. The second-order valence-corrected chi connectivity index (χ2v) is 9.12. The molecule has 0 unspecified atom stereocenters. The molecule has 2 aromatic carbocycles. The van der Waals surface area contributed by atoms with Gasteiger partial charge in [-0.2, -0.15) is 4.31 Å². The third-order valence-corrected chi connectivity index (χ3v) is 7.10. The molecule has 1 fully saturated rings. The van der Waals surface area contributed by atoms with Crippen LogP contribution in [0.1, 0.15) is 48.5 Å². The van der Waals surface area contributed by atoms with Gasteiger partial charge < -0.3 is 10.1 Å². The Morgan fingerprint density at radius 1 is 1.03 bits per heavy atom. The van der Waals surface area contributed by atoms with Crippen molar-refractivity contribution in [2.45, 2.75) is 44.4 Å². The number of benzene rings is 2. The minimum atomic E-state index is -3.62. The number of nitrogens with zero attached hydrogens (tertiary/aromatic N) is 1. The maximum atomic E-state index is 13.2. The summed E-state index contributed by atoms with van der Waals surface area (Å²) in [6.07, 6.45) is 3.84. The lowest BCUT2D eigenvalue weighted by Gasteiger charge is -2.21. The van der Waals surface area contributed by atoms with Crippen LogP contribution < -0.4 is 10.1 Å². The first-order valence-corrected chi connectivity index (χ1v) is 11.5. The summed E-state index contributed by atoms with van der Waals surface area (Å²) in [6.45, 7) is 5.31. The molecule has 3 rings (SSSR count). The van der Waals surface area contributed by atoms with Gasteiger partial charge in [0.05, 0.1) is 11.5 Å². The fraction of sp³-hybridized carbons (Fsp3) is 0.409. The number of hydrogen-bond acceptors (Lipinski definition) is 4. The number of hydrogen-bond donors (Lipinski definition) is 1. The van der Waals surface area contributed by atoms with Crippen LogP contribution in [0.25, 0.3) is 0 Å². The lowest BCUT2D eigenvalue weighted by Crippen LogP contribution is -2.32. The van der Waals surface area contributed by atoms with Crippen LogP contribution in [-0.2, 0) is 10.0 Å². The number of ether oxygens (including phenoxy) is 1. The number of carbonyl (C=O) groups is 1. The molecule has 0 aliphatic carbocycles. The number of amides is 1. The van der Waals surface area contributed by atoms with Crippen LogP contribution in [-0.4, -0.2) is 38.3 Å². The molecular weight excluding hydrogens is 388 g/mol. The fourth-order valence-electron chi connectivity index (χ4n) is 3.44. The zero-order chi connectivity index (χ0) is 20.9. The molecule has 0 aromatic heterocycles. The molecule has 1 saturated heterocycles. The molecule has 1 amide bonds. The number of sulfonamides is 1. The van der Waals surface area contributed by atoms with Crippen molar-refractivity contribution in [3.63, 3.8) is 0 Å². The van der Waals surface area contributed by atoms with Crippen LogP contribution in [0.2, 0.25) is 0 Å². The zero-order valence-electron chi connectivity index (χ0n) is 17.0. The number of nitrogens with one attached hydrogen (secondary N) is 1. The number of anilines is 1. The molecule has 7 heteroatoms. The van der Waals surface area contributed by atoms with Gasteiger partial charge in [0, 0.05) is 24.3 Å². The molecule has 0 spiro atoms. The van der Waals surface area contributed by atoms with E-state index in [4.69, 9.17) is 4.74 Å². The minimum absolute atomic E-state index is 0.207. The highest BCUT2D eigenvalue weighted by Gasteiger charge is 2.27. The number of aryl methyl sites for hydroxylation is 1. The van der Waals surface area contributed by atoms with Crippen molar-refractivity contribution in [3.8, 4) is 5.75 Å². The van der Waals surface area contributed by atoms with E-state index in [1.54, 1.807) is 47.6 Å². The highest BCUT2D eigenvalue weighted by Crippen LogP contribution is 2.25. The molecule has 1 aliphatic heterocycles. The van der Waals surface area contributed by atoms with E-state index in [0.717, 1.165) is 31.4 Å². The van der Waals surface area contributed by atoms with Crippen molar-refractivity contribution >= 4 is 21.6 Å². The maximum Gasteiger partial charge on any atom is 0.255 e. The summed E-state index contributed by atoms with van der Waals surface area (Å²) in [5.74, 6) is 0.383. The summed E-state index contributed by atoms with van der Waals surface area (Å²) in [5.41, 5.74) is 1.58. The maximum absolute atomic E-state index is 13.2. The summed E-state index contributed by atoms with van der Waals surface area (Å²) in [6, 6.07) is 11.9. The normalized spacial score (nSPS) is 15.5. The van der Waals surface area contributed by atoms with Crippen molar-refractivity contribution in [1.29, 1.82) is 0 Å². The average Bonchev–Trinajstić information content (AvgIpc) is 3.00. The number of rotatable bonds is 6. The molecule has 1 N–H and O–H groups in total. The van der Waals surface area contributed by atoms with Crippen LogP contribution in [0.15, 0.2) is 47.4 Å². The molecule has 156 valence electrons. The lowest BCUT2D eigenvalue weighted by molar-refractivity contribution is 0.102. The highest BCUT2D eigenvalue weighted by atomic mass is 32.2. The van der Waals surface area contributed by atoms with Gasteiger partial charge in [-0.15, -0.1) is 0 Å². The van der Waals surface area contributed by atoms with Gasteiger partial charge in [-0.25, -0.2) is 8.42 Å². The predicted octanol–water partition coefficient (Wildman–Crippen LogP) is 4.21. The monoisotopic (exact) mass is 416 g/mol. The topological polar surface area (TPSA) is 75.7 Å². The van der Waals surface area contributed by atoms with E-state index >= 15 is 0 Å². The van der Waals surface area contributed by atoms with Gasteiger partial charge in [0.1, 0.15) is 5.75 Å². The SMILES string of the molecule is CCOc1ccc(NC(=O)c2ccc(C)c(S(=O)(=O)N3CCCCCC3)c2)cc1. The Kier molecular flexibility index (Phi) is 6.92. The summed E-state index contributed by atoms with van der Waals surface area (Å²) in [7, 11) is -3.62. The van der Waals surface area contributed by atoms with Gasteiger partial charge in [0.2, 0.25) is 10.0 Å². The second kappa shape index (κ2) is 9.41. The summed E-state index contributed by atoms with van der Waals surface area (Å²) in [4.78, 5) is 12.9. The van der Waals surface area contributed by atoms with Crippen LogP contribution >= 0.6 is 0 Å². The Labute approximate surface area is 172 Å². The molecule has 0 bridgehead atoms. The van der Waals surface area contributed by atoms with Gasteiger partial charge in [0.15, 0.2) is 0 Å². The van der Waals surface area contributed by atoms with Gasteiger partial charge in [-0.1, -0.05) is 18.9 Å². The van der Waals surface area contributed by atoms with Gasteiger partial charge >= 0.3 is 0 Å². The van der Waals surface area contributed by atoms with E-state index < -0.39 is 10.0 Å². The predicted molar refractivity (Wildman–Crippen MR) is 114 cm³/mol. The van der Waals surface area contributed by atoms with E-state index in [1.807, 2.05) is 6.92 Å². The Bertz CT molecular complexity index is 947. The standard InChI is InChI=1S/C22H28N2O4S/c1-3-28-20-12-10-19(11-13-20)23-22(25)18-9-8-17(2)21(16-18)29(26,27)24-14-6-4-5-7-15-24/h8-13,16H,3-7,14-15H2,1-2H3,(H,23,25). The van der Waals surface area contributed by atoms with Crippen molar-refractivity contribution in [3.05, 3.63) is 53.6 Å². The zero-order valence-corrected chi connectivity index (χ0v) is 17.8. The van der Waals surface area contributed by atoms with Crippen molar-refractivity contribution < 1.29 is 17.9 Å². The largest absolute Gasteiger partial charge is 0.494 e. The van der Waals surface area contributed by atoms with E-state index in [1.165, 1.54) is 6.07 Å². The molecule has 0 atom stereocenters. The Morgan fingerprint density at radius 2 is 1.69 bits per heavy atom. The van der Waals surface area contributed by atoms with Crippen molar-refractivity contribution in [1.82, 2.24) is 4.31 Å². The summed E-state index contributed by atoms with van der Waals surface area (Å²) in [5, 5.41) is 2.81. The van der Waals surface area contributed by atoms with Gasteiger partial charge in [-0.3, -0.25) is 4.79 Å². The molecule has 1 aliphatic rings. The smallest absolute Gasteiger partial charge is 0.255 e. The molecule has 0 radical (unpaired) electrons. The third kappa shape index (κ3) is 5.16. The van der Waals surface area contributed by atoms with Crippen LogP contribution in [0.5, 0.6) is 5.75 Å². The third-order valence-electron chi connectivity index (χ3n) is 5.06. The fourth-order valence-corrected chi connectivity index (χ4v) is 5.21. The lowest BCUT2D eigenvalue weighted by atomic mass is 10.1. The van der Waals surface area contributed by atoms with E-state index in [0.29, 0.717) is 36.5 Å². The Morgan fingerprint density at radius 3 is 2.31 bits per heavy atom. The highest BCUT2D eigenvalue weighted by molar-refractivity contribution is 7.89. The van der Waals surface area contributed by atoms with Crippen molar-refractivity contribution in [2.75, 3.05) is 25.0 Å². The van der Waals surface area contributed by atoms with Crippen molar-refractivity contribution in [2.24, 2.45) is 0 Å². The molecule has 1 heterocycles. The second-order valence-electron chi connectivity index (χ2n) is 7.21. The Balaban J connectivity index is 1.81. The van der Waals surface area contributed by atoms with E-state index in [2.05, 4.69) is 5.32 Å². The first kappa shape index (κ1) is 21.3. The quantitative estimate of drug-likeness (QED) is 0.765. The van der Waals surface area contributed by atoms with Crippen LogP contribution in [0.4, 0.5) is 5.69 Å². The molecular formula is C22H28N2O4S. The van der Waals surface area contributed by atoms with Crippen LogP contribution in [0, 0.1) is 6.92 Å².